The quantitative estimate of drug-likeness (QED) is 0.250. The molecule has 0 atom stereocenters. The SMILES string of the molecule is c1ccc(-c2ccc(N(c3ccc4ccccc4c3)c3cccc4c3sc3ccncc34)cc2)cc1. The van der Waals surface area contributed by atoms with Crippen molar-refractivity contribution in [1.29, 1.82) is 0 Å². The number of hydrogen-bond acceptors (Lipinski definition) is 3. The number of rotatable bonds is 4. The number of hydrogen-bond donors (Lipinski definition) is 0. The van der Waals surface area contributed by atoms with Gasteiger partial charge in [-0.3, -0.25) is 4.98 Å². The van der Waals surface area contributed by atoms with E-state index in [-0.39, 0.29) is 0 Å². The first-order chi connectivity index (χ1) is 17.8. The molecule has 2 aromatic heterocycles. The predicted molar refractivity (Wildman–Crippen MR) is 155 cm³/mol. The molecule has 0 aliphatic carbocycles. The molecule has 7 aromatic rings. The van der Waals surface area contributed by atoms with Crippen molar-refractivity contribution >= 4 is 59.3 Å². The van der Waals surface area contributed by atoms with E-state index in [9.17, 15) is 0 Å². The predicted octanol–water partition coefficient (Wildman–Crippen LogP) is 9.74. The number of thiophene rings is 1. The topological polar surface area (TPSA) is 16.1 Å². The molecule has 0 N–H and O–H groups in total. The van der Waals surface area contributed by atoms with E-state index in [1.165, 1.54) is 47.8 Å². The third-order valence-electron chi connectivity index (χ3n) is 6.74. The first-order valence-corrected chi connectivity index (χ1v) is 12.9. The zero-order chi connectivity index (χ0) is 23.9. The Morgan fingerprint density at radius 2 is 1.31 bits per heavy atom. The molecule has 0 saturated carbocycles. The van der Waals surface area contributed by atoms with Gasteiger partial charge in [0.1, 0.15) is 0 Å². The van der Waals surface area contributed by atoms with Gasteiger partial charge in [-0.2, -0.15) is 0 Å². The smallest absolute Gasteiger partial charge is 0.0640 e. The van der Waals surface area contributed by atoms with Crippen molar-refractivity contribution in [2.75, 3.05) is 4.90 Å². The van der Waals surface area contributed by atoms with Gasteiger partial charge >= 0.3 is 0 Å². The van der Waals surface area contributed by atoms with Crippen molar-refractivity contribution in [3.8, 4) is 11.1 Å². The van der Waals surface area contributed by atoms with Gasteiger partial charge in [-0.25, -0.2) is 0 Å². The summed E-state index contributed by atoms with van der Waals surface area (Å²) in [4.78, 5) is 6.77. The van der Waals surface area contributed by atoms with Gasteiger partial charge in [-0.15, -0.1) is 11.3 Å². The summed E-state index contributed by atoms with van der Waals surface area (Å²) in [5.41, 5.74) is 5.89. The Labute approximate surface area is 213 Å². The highest BCUT2D eigenvalue weighted by atomic mass is 32.1. The molecule has 0 amide bonds. The molecule has 5 aromatic carbocycles. The molecule has 36 heavy (non-hydrogen) atoms. The summed E-state index contributed by atoms with van der Waals surface area (Å²) in [6, 6.07) is 43.4. The average molecular weight is 479 g/mol. The van der Waals surface area contributed by atoms with E-state index in [0.29, 0.717) is 0 Å². The van der Waals surface area contributed by atoms with Crippen molar-refractivity contribution < 1.29 is 0 Å². The Morgan fingerprint density at radius 1 is 0.556 bits per heavy atom. The molecule has 0 unspecified atom stereocenters. The summed E-state index contributed by atoms with van der Waals surface area (Å²) < 4.78 is 2.52. The lowest BCUT2D eigenvalue weighted by molar-refractivity contribution is 1.31. The molecule has 0 aliphatic rings. The molecule has 7 rings (SSSR count). The number of fused-ring (bicyclic) bond motifs is 4. The van der Waals surface area contributed by atoms with Crippen molar-refractivity contribution in [3.63, 3.8) is 0 Å². The van der Waals surface area contributed by atoms with E-state index >= 15 is 0 Å². The van der Waals surface area contributed by atoms with Gasteiger partial charge in [0.05, 0.1) is 10.4 Å². The second-order valence-corrected chi connectivity index (χ2v) is 9.96. The van der Waals surface area contributed by atoms with Gasteiger partial charge in [-0.1, -0.05) is 84.9 Å². The van der Waals surface area contributed by atoms with E-state index in [4.69, 9.17) is 0 Å². The minimum absolute atomic E-state index is 1.13. The maximum absolute atomic E-state index is 4.39. The zero-order valence-corrected chi connectivity index (χ0v) is 20.3. The summed E-state index contributed by atoms with van der Waals surface area (Å²) in [6.45, 7) is 0. The van der Waals surface area contributed by atoms with Crippen LogP contribution in [0.3, 0.4) is 0 Å². The first-order valence-electron chi connectivity index (χ1n) is 12.0. The standard InChI is InChI=1S/C33H22N2S/c1-2-7-23(8-3-1)25-13-16-27(17-14-25)35(28-18-15-24-9-4-5-10-26(24)21-28)31-12-6-11-29-30-22-34-20-19-32(30)36-33(29)31/h1-22H. The normalized spacial score (nSPS) is 11.3. The molecule has 0 bridgehead atoms. The van der Waals surface area contributed by atoms with Crippen LogP contribution in [0.1, 0.15) is 0 Å². The zero-order valence-electron chi connectivity index (χ0n) is 19.5. The van der Waals surface area contributed by atoms with Crippen LogP contribution in [0.4, 0.5) is 17.1 Å². The fourth-order valence-corrected chi connectivity index (χ4v) is 6.15. The lowest BCUT2D eigenvalue weighted by Gasteiger charge is -2.26. The van der Waals surface area contributed by atoms with Crippen molar-refractivity contribution in [2.45, 2.75) is 0 Å². The Morgan fingerprint density at radius 3 is 2.17 bits per heavy atom. The first kappa shape index (κ1) is 20.9. The third-order valence-corrected chi connectivity index (χ3v) is 7.95. The van der Waals surface area contributed by atoms with E-state index in [1.807, 2.05) is 23.7 Å². The van der Waals surface area contributed by atoms with E-state index in [0.717, 1.165) is 11.4 Å². The van der Waals surface area contributed by atoms with Crippen LogP contribution in [0, 0.1) is 0 Å². The summed E-state index contributed by atoms with van der Waals surface area (Å²) in [7, 11) is 0. The van der Waals surface area contributed by atoms with E-state index in [1.54, 1.807) is 0 Å². The molecule has 0 aliphatic heterocycles. The largest absolute Gasteiger partial charge is 0.309 e. The minimum atomic E-state index is 1.13. The van der Waals surface area contributed by atoms with Crippen LogP contribution in [-0.2, 0) is 0 Å². The number of benzene rings is 5. The molecular weight excluding hydrogens is 456 g/mol. The lowest BCUT2D eigenvalue weighted by Crippen LogP contribution is -2.10. The molecule has 0 saturated heterocycles. The van der Waals surface area contributed by atoms with Gasteiger partial charge in [0, 0.05) is 39.2 Å². The molecule has 3 heteroatoms. The maximum Gasteiger partial charge on any atom is 0.0640 e. The fourth-order valence-electron chi connectivity index (χ4n) is 4.98. The molecule has 2 heterocycles. The Balaban J connectivity index is 1.45. The van der Waals surface area contributed by atoms with Crippen molar-refractivity contribution in [1.82, 2.24) is 4.98 Å². The van der Waals surface area contributed by atoms with Gasteiger partial charge in [0.15, 0.2) is 0 Å². The Bertz CT molecular complexity index is 1840. The van der Waals surface area contributed by atoms with E-state index in [2.05, 4.69) is 131 Å². The lowest BCUT2D eigenvalue weighted by atomic mass is 10.0. The van der Waals surface area contributed by atoms with Gasteiger partial charge < -0.3 is 4.90 Å². The van der Waals surface area contributed by atoms with Crippen LogP contribution in [0.25, 0.3) is 42.1 Å². The second-order valence-electron chi connectivity index (χ2n) is 8.91. The Hall–Kier alpha value is -4.47. The van der Waals surface area contributed by atoms with Crippen LogP contribution in [0.15, 0.2) is 134 Å². The van der Waals surface area contributed by atoms with Crippen LogP contribution in [0.5, 0.6) is 0 Å². The van der Waals surface area contributed by atoms with Crippen LogP contribution < -0.4 is 4.90 Å². The van der Waals surface area contributed by atoms with Crippen LogP contribution >= 0.6 is 11.3 Å². The van der Waals surface area contributed by atoms with Crippen molar-refractivity contribution in [2.24, 2.45) is 0 Å². The average Bonchev–Trinajstić information content (AvgIpc) is 3.34. The summed E-state index contributed by atoms with van der Waals surface area (Å²) in [5.74, 6) is 0. The third kappa shape index (κ3) is 3.53. The monoisotopic (exact) mass is 478 g/mol. The highest BCUT2D eigenvalue weighted by Crippen LogP contribution is 2.45. The molecule has 2 nitrogen and oxygen atoms in total. The van der Waals surface area contributed by atoms with Gasteiger partial charge in [-0.05, 0) is 58.3 Å². The highest BCUT2D eigenvalue weighted by Gasteiger charge is 2.18. The molecule has 0 fully saturated rings. The molecular formula is C33H22N2S. The number of pyridine rings is 1. The second kappa shape index (κ2) is 8.63. The minimum Gasteiger partial charge on any atom is -0.309 e. The number of aromatic nitrogens is 1. The number of anilines is 3. The van der Waals surface area contributed by atoms with Crippen molar-refractivity contribution in [3.05, 3.63) is 134 Å². The number of nitrogens with zero attached hydrogens (tertiary/aromatic N) is 2. The molecule has 0 radical (unpaired) electrons. The van der Waals surface area contributed by atoms with Gasteiger partial charge in [0.2, 0.25) is 0 Å². The summed E-state index contributed by atoms with van der Waals surface area (Å²) >= 11 is 1.83. The maximum atomic E-state index is 4.39. The Kier molecular flexibility index (Phi) is 5.00. The van der Waals surface area contributed by atoms with Crippen LogP contribution in [0.2, 0.25) is 0 Å². The fraction of sp³-hybridized carbons (Fsp3) is 0. The highest BCUT2D eigenvalue weighted by molar-refractivity contribution is 7.26. The molecule has 170 valence electrons. The summed E-state index contributed by atoms with van der Waals surface area (Å²) in [6.07, 6.45) is 3.85. The van der Waals surface area contributed by atoms with Gasteiger partial charge in [0.25, 0.3) is 0 Å². The van der Waals surface area contributed by atoms with E-state index < -0.39 is 0 Å². The van der Waals surface area contributed by atoms with Crippen LogP contribution in [-0.4, -0.2) is 4.98 Å². The molecule has 0 spiro atoms. The summed E-state index contributed by atoms with van der Waals surface area (Å²) in [5, 5.41) is 4.92.